The predicted octanol–water partition coefficient (Wildman–Crippen LogP) is 0.660. The number of anilines is 1. The van der Waals surface area contributed by atoms with E-state index < -0.39 is 6.04 Å². The maximum absolute atomic E-state index is 12.6. The number of nitrogen functional groups attached to an aromatic ring is 1. The van der Waals surface area contributed by atoms with Gasteiger partial charge in [-0.05, 0) is 16.0 Å². The van der Waals surface area contributed by atoms with E-state index in [1.807, 2.05) is 35.7 Å². The molecule has 118 valence electrons. The third kappa shape index (κ3) is 3.69. The first kappa shape index (κ1) is 15.1. The van der Waals surface area contributed by atoms with Crippen LogP contribution in [0, 0.1) is 0 Å². The van der Waals surface area contributed by atoms with Gasteiger partial charge in [-0.1, -0.05) is 30.3 Å². The van der Waals surface area contributed by atoms with E-state index in [1.165, 1.54) is 22.3 Å². The maximum atomic E-state index is 12.6. The minimum Gasteiger partial charge on any atom is -0.375 e. The molecule has 0 aliphatic heterocycles. The second kappa shape index (κ2) is 6.97. The quantitative estimate of drug-likeness (QED) is 0.687. The van der Waals surface area contributed by atoms with Crippen molar-refractivity contribution in [1.82, 2.24) is 30.5 Å². The van der Waals surface area contributed by atoms with Crippen molar-refractivity contribution in [3.05, 3.63) is 53.3 Å². The first-order valence-corrected chi connectivity index (χ1v) is 7.87. The average molecular weight is 329 g/mol. The third-order valence-electron chi connectivity index (χ3n) is 3.24. The highest BCUT2D eigenvalue weighted by Crippen LogP contribution is 2.17. The average Bonchev–Trinajstić information content (AvgIpc) is 3.21. The van der Waals surface area contributed by atoms with Crippen molar-refractivity contribution < 1.29 is 4.79 Å². The van der Waals surface area contributed by atoms with Crippen molar-refractivity contribution in [2.45, 2.75) is 12.5 Å². The highest BCUT2D eigenvalue weighted by atomic mass is 32.1. The number of hydrogen-bond acceptors (Lipinski definition) is 7. The van der Waals surface area contributed by atoms with Crippen LogP contribution in [0.15, 0.2) is 42.0 Å². The van der Waals surface area contributed by atoms with Crippen LogP contribution in [0.4, 0.5) is 5.13 Å². The van der Waals surface area contributed by atoms with Gasteiger partial charge in [0.15, 0.2) is 11.2 Å². The summed E-state index contributed by atoms with van der Waals surface area (Å²) >= 11 is 1.39. The fraction of sp³-hybridized carbons (Fsp3) is 0.214. The number of amides is 1. The molecule has 1 atom stereocenters. The SMILES string of the molecule is Nc1nc(CCNC(=O)[C@H](c2ccccc2)n2cnnn2)cs1. The summed E-state index contributed by atoms with van der Waals surface area (Å²) in [6.07, 6.45) is 2.05. The molecular weight excluding hydrogens is 314 g/mol. The molecule has 1 aromatic carbocycles. The van der Waals surface area contributed by atoms with E-state index >= 15 is 0 Å². The molecule has 1 amide bonds. The van der Waals surface area contributed by atoms with Crippen molar-refractivity contribution in [1.29, 1.82) is 0 Å². The summed E-state index contributed by atoms with van der Waals surface area (Å²) in [6, 6.07) is 8.77. The number of carbonyl (C=O) groups is 1. The van der Waals surface area contributed by atoms with Crippen LogP contribution in [-0.4, -0.2) is 37.6 Å². The number of benzene rings is 1. The molecule has 3 aromatic rings. The van der Waals surface area contributed by atoms with Gasteiger partial charge in [0.05, 0.1) is 5.69 Å². The molecule has 3 rings (SSSR count). The number of thiazole rings is 1. The van der Waals surface area contributed by atoms with E-state index in [4.69, 9.17) is 5.73 Å². The van der Waals surface area contributed by atoms with E-state index in [0.29, 0.717) is 18.1 Å². The Balaban J connectivity index is 1.68. The molecule has 9 heteroatoms. The zero-order valence-electron chi connectivity index (χ0n) is 12.2. The second-order valence-electron chi connectivity index (χ2n) is 4.82. The van der Waals surface area contributed by atoms with Gasteiger partial charge in [0.2, 0.25) is 5.91 Å². The van der Waals surface area contributed by atoms with Crippen molar-refractivity contribution in [3.63, 3.8) is 0 Å². The molecule has 0 saturated carbocycles. The number of nitrogens with zero attached hydrogens (tertiary/aromatic N) is 5. The van der Waals surface area contributed by atoms with Crippen LogP contribution >= 0.6 is 11.3 Å². The summed E-state index contributed by atoms with van der Waals surface area (Å²) < 4.78 is 1.44. The van der Waals surface area contributed by atoms with Gasteiger partial charge in [0.25, 0.3) is 0 Å². The summed E-state index contributed by atoms with van der Waals surface area (Å²) in [5.74, 6) is -0.174. The number of tetrazole rings is 1. The Bertz CT molecular complexity index is 757. The van der Waals surface area contributed by atoms with Crippen LogP contribution in [0.1, 0.15) is 17.3 Å². The highest BCUT2D eigenvalue weighted by Gasteiger charge is 2.23. The Morgan fingerprint density at radius 1 is 1.35 bits per heavy atom. The van der Waals surface area contributed by atoms with Gasteiger partial charge in [-0.2, -0.15) is 0 Å². The van der Waals surface area contributed by atoms with Crippen molar-refractivity contribution in [2.24, 2.45) is 0 Å². The topological polar surface area (TPSA) is 112 Å². The van der Waals surface area contributed by atoms with Crippen LogP contribution in [0.2, 0.25) is 0 Å². The normalized spacial score (nSPS) is 12.0. The smallest absolute Gasteiger partial charge is 0.249 e. The lowest BCUT2D eigenvalue weighted by Crippen LogP contribution is -2.35. The fourth-order valence-corrected chi connectivity index (χ4v) is 2.79. The van der Waals surface area contributed by atoms with Crippen LogP contribution in [0.25, 0.3) is 0 Å². The molecule has 0 aliphatic rings. The zero-order valence-corrected chi connectivity index (χ0v) is 13.0. The molecule has 0 unspecified atom stereocenters. The number of carbonyl (C=O) groups excluding carboxylic acids is 1. The molecule has 0 aliphatic carbocycles. The van der Waals surface area contributed by atoms with Crippen LogP contribution < -0.4 is 11.1 Å². The van der Waals surface area contributed by atoms with Gasteiger partial charge < -0.3 is 11.1 Å². The monoisotopic (exact) mass is 329 g/mol. The molecule has 0 fully saturated rings. The molecule has 0 spiro atoms. The Morgan fingerprint density at radius 2 is 2.17 bits per heavy atom. The van der Waals surface area contributed by atoms with E-state index in [2.05, 4.69) is 25.8 Å². The molecule has 0 saturated heterocycles. The number of aromatic nitrogens is 5. The molecule has 8 nitrogen and oxygen atoms in total. The zero-order chi connectivity index (χ0) is 16.1. The minimum atomic E-state index is -0.605. The standard InChI is InChI=1S/C14H15N7OS/c15-14-18-11(8-23-14)6-7-16-13(22)12(21-9-17-19-20-21)10-4-2-1-3-5-10/h1-5,8-9,12H,6-7H2,(H2,15,18)(H,16,22)/t12-/m0/s1. The fourth-order valence-electron chi connectivity index (χ4n) is 2.19. The minimum absolute atomic E-state index is 0.174. The molecule has 3 N–H and O–H groups in total. The van der Waals surface area contributed by atoms with Gasteiger partial charge in [0, 0.05) is 18.3 Å². The van der Waals surface area contributed by atoms with Crippen LogP contribution in [-0.2, 0) is 11.2 Å². The van der Waals surface area contributed by atoms with Gasteiger partial charge >= 0.3 is 0 Å². The van der Waals surface area contributed by atoms with E-state index in [0.717, 1.165) is 11.3 Å². The van der Waals surface area contributed by atoms with Gasteiger partial charge in [-0.25, -0.2) is 9.67 Å². The van der Waals surface area contributed by atoms with E-state index in [1.54, 1.807) is 0 Å². The summed E-state index contributed by atoms with van der Waals surface area (Å²) in [7, 11) is 0. The molecule has 23 heavy (non-hydrogen) atoms. The summed E-state index contributed by atoms with van der Waals surface area (Å²) in [5, 5.41) is 16.4. The number of hydrogen-bond donors (Lipinski definition) is 2. The molecular formula is C14H15N7OS. The molecule has 0 bridgehead atoms. The molecule has 2 heterocycles. The first-order chi connectivity index (χ1) is 11.2. The molecule has 2 aromatic heterocycles. The summed E-state index contributed by atoms with van der Waals surface area (Å²) in [4.78, 5) is 16.7. The number of nitrogens with two attached hydrogens (primary N) is 1. The van der Waals surface area contributed by atoms with Gasteiger partial charge in [-0.15, -0.1) is 16.4 Å². The second-order valence-corrected chi connectivity index (χ2v) is 5.71. The lowest BCUT2D eigenvalue weighted by atomic mass is 10.1. The van der Waals surface area contributed by atoms with Gasteiger partial charge in [0.1, 0.15) is 6.33 Å². The number of rotatable bonds is 6. The van der Waals surface area contributed by atoms with E-state index in [9.17, 15) is 4.79 Å². The Kier molecular flexibility index (Phi) is 4.57. The Hall–Kier alpha value is -2.81. The first-order valence-electron chi connectivity index (χ1n) is 6.99. The van der Waals surface area contributed by atoms with E-state index in [-0.39, 0.29) is 5.91 Å². The number of nitrogens with one attached hydrogen (secondary N) is 1. The van der Waals surface area contributed by atoms with Crippen LogP contribution in [0.3, 0.4) is 0 Å². The highest BCUT2D eigenvalue weighted by molar-refractivity contribution is 7.13. The summed E-state index contributed by atoms with van der Waals surface area (Å²) in [5.41, 5.74) is 7.28. The van der Waals surface area contributed by atoms with Crippen molar-refractivity contribution in [3.8, 4) is 0 Å². The van der Waals surface area contributed by atoms with Crippen LogP contribution in [0.5, 0.6) is 0 Å². The largest absolute Gasteiger partial charge is 0.375 e. The maximum Gasteiger partial charge on any atom is 0.249 e. The lowest BCUT2D eigenvalue weighted by Gasteiger charge is -2.16. The van der Waals surface area contributed by atoms with Gasteiger partial charge in [-0.3, -0.25) is 4.79 Å². The van der Waals surface area contributed by atoms with Crippen molar-refractivity contribution in [2.75, 3.05) is 12.3 Å². The van der Waals surface area contributed by atoms with Crippen molar-refractivity contribution >= 4 is 22.4 Å². The lowest BCUT2D eigenvalue weighted by molar-refractivity contribution is -0.123. The Labute approximate surface area is 136 Å². The Morgan fingerprint density at radius 3 is 2.83 bits per heavy atom. The summed E-state index contributed by atoms with van der Waals surface area (Å²) in [6.45, 7) is 0.466. The molecule has 0 radical (unpaired) electrons. The third-order valence-corrected chi connectivity index (χ3v) is 3.97. The predicted molar refractivity (Wildman–Crippen MR) is 85.6 cm³/mol.